The van der Waals surface area contributed by atoms with Crippen molar-refractivity contribution in [2.75, 3.05) is 27.9 Å². The lowest BCUT2D eigenvalue weighted by Gasteiger charge is -2.15. The zero-order chi connectivity index (χ0) is 20.0. The van der Waals surface area contributed by atoms with E-state index in [1.54, 1.807) is 13.0 Å². The smallest absolute Gasteiger partial charge is 0.339 e. The van der Waals surface area contributed by atoms with E-state index in [2.05, 4.69) is 5.32 Å². The molecular weight excluding hydrogens is 354 g/mol. The minimum Gasteiger partial charge on any atom is -0.493 e. The molecule has 8 nitrogen and oxygen atoms in total. The summed E-state index contributed by atoms with van der Waals surface area (Å²) in [4.78, 5) is 23.4. The van der Waals surface area contributed by atoms with Gasteiger partial charge in [0.15, 0.2) is 17.3 Å². The fourth-order valence-electron chi connectivity index (χ4n) is 2.74. The van der Waals surface area contributed by atoms with E-state index in [0.717, 1.165) is 5.56 Å². The Morgan fingerprint density at radius 2 is 1.81 bits per heavy atom. The van der Waals surface area contributed by atoms with Crippen molar-refractivity contribution in [2.24, 2.45) is 0 Å². The number of furan rings is 1. The molecule has 0 bridgehead atoms. The van der Waals surface area contributed by atoms with Gasteiger partial charge in [-0.05, 0) is 12.5 Å². The summed E-state index contributed by atoms with van der Waals surface area (Å²) >= 11 is 0. The van der Waals surface area contributed by atoms with Gasteiger partial charge in [0.2, 0.25) is 5.75 Å². The standard InChI is InChI=1S/C19H23NO7/c1-5-13-12(19(22)23)10-15(27-13)18(21)20-9-8-11-6-7-14(24-2)17(26-4)16(11)25-3/h6-7,10H,5,8-9H2,1-4H3,(H,20,21)(H,22,23). The number of carboxylic acid groups (broad SMARTS) is 1. The molecule has 0 radical (unpaired) electrons. The maximum Gasteiger partial charge on any atom is 0.339 e. The van der Waals surface area contributed by atoms with Gasteiger partial charge in [0.25, 0.3) is 5.91 Å². The lowest BCUT2D eigenvalue weighted by molar-refractivity contribution is 0.0694. The van der Waals surface area contributed by atoms with Gasteiger partial charge in [-0.1, -0.05) is 13.0 Å². The van der Waals surface area contributed by atoms with E-state index >= 15 is 0 Å². The van der Waals surface area contributed by atoms with Crippen molar-refractivity contribution in [3.63, 3.8) is 0 Å². The molecule has 2 N–H and O–H groups in total. The maximum atomic E-state index is 12.2. The molecule has 1 aromatic carbocycles. The second kappa shape index (κ2) is 8.98. The third-order valence-electron chi connectivity index (χ3n) is 4.05. The van der Waals surface area contributed by atoms with Crippen LogP contribution in [-0.2, 0) is 12.8 Å². The van der Waals surface area contributed by atoms with Crippen LogP contribution in [0.3, 0.4) is 0 Å². The predicted octanol–water partition coefficient (Wildman–Crippen LogP) is 2.54. The molecule has 2 rings (SSSR count). The molecule has 146 valence electrons. The first kappa shape index (κ1) is 20.2. The van der Waals surface area contributed by atoms with E-state index in [-0.39, 0.29) is 17.1 Å². The van der Waals surface area contributed by atoms with Crippen LogP contribution in [0.15, 0.2) is 22.6 Å². The molecule has 2 aromatic rings. The molecule has 1 amide bonds. The number of hydrogen-bond acceptors (Lipinski definition) is 6. The van der Waals surface area contributed by atoms with Crippen molar-refractivity contribution >= 4 is 11.9 Å². The zero-order valence-electron chi connectivity index (χ0n) is 15.8. The number of carbonyl (C=O) groups is 2. The SMILES string of the molecule is CCc1oc(C(=O)NCCc2ccc(OC)c(OC)c2OC)cc1C(=O)O. The highest BCUT2D eigenvalue weighted by atomic mass is 16.5. The summed E-state index contributed by atoms with van der Waals surface area (Å²) in [6.45, 7) is 2.06. The van der Waals surface area contributed by atoms with Crippen molar-refractivity contribution in [1.29, 1.82) is 0 Å². The molecule has 27 heavy (non-hydrogen) atoms. The Morgan fingerprint density at radius 3 is 2.33 bits per heavy atom. The summed E-state index contributed by atoms with van der Waals surface area (Å²) in [6, 6.07) is 4.84. The Balaban J connectivity index is 2.08. The Morgan fingerprint density at radius 1 is 1.11 bits per heavy atom. The Hall–Kier alpha value is -3.16. The van der Waals surface area contributed by atoms with Gasteiger partial charge in [-0.3, -0.25) is 4.79 Å². The molecule has 0 atom stereocenters. The highest BCUT2D eigenvalue weighted by Gasteiger charge is 2.20. The normalized spacial score (nSPS) is 10.4. The topological polar surface area (TPSA) is 107 Å². The number of aryl methyl sites for hydroxylation is 1. The van der Waals surface area contributed by atoms with Gasteiger partial charge in [-0.25, -0.2) is 4.79 Å². The number of rotatable bonds is 9. The number of ether oxygens (including phenoxy) is 3. The van der Waals surface area contributed by atoms with Crippen LogP contribution in [0.1, 0.15) is 39.2 Å². The number of carboxylic acids is 1. The highest BCUT2D eigenvalue weighted by Crippen LogP contribution is 2.39. The lowest BCUT2D eigenvalue weighted by atomic mass is 10.1. The first-order chi connectivity index (χ1) is 13.0. The third-order valence-corrected chi connectivity index (χ3v) is 4.05. The molecular formula is C19H23NO7. The molecule has 0 saturated carbocycles. The molecule has 1 aromatic heterocycles. The van der Waals surface area contributed by atoms with Crippen LogP contribution in [0, 0.1) is 0 Å². The Labute approximate surface area is 157 Å². The summed E-state index contributed by atoms with van der Waals surface area (Å²) < 4.78 is 21.3. The number of benzene rings is 1. The molecule has 0 fully saturated rings. The van der Waals surface area contributed by atoms with Gasteiger partial charge in [0, 0.05) is 24.6 Å². The van der Waals surface area contributed by atoms with E-state index < -0.39 is 11.9 Å². The Kier molecular flexibility index (Phi) is 6.70. The van der Waals surface area contributed by atoms with Crippen LogP contribution in [0.5, 0.6) is 17.2 Å². The molecule has 0 aliphatic rings. The minimum atomic E-state index is -1.12. The van der Waals surface area contributed by atoms with Crippen LogP contribution in [0.25, 0.3) is 0 Å². The first-order valence-electron chi connectivity index (χ1n) is 8.38. The number of amides is 1. The number of aromatic carboxylic acids is 1. The monoisotopic (exact) mass is 377 g/mol. The minimum absolute atomic E-state index is 0.00390. The van der Waals surface area contributed by atoms with Gasteiger partial charge in [0.05, 0.1) is 21.3 Å². The summed E-state index contributed by atoms with van der Waals surface area (Å²) in [7, 11) is 4.59. The van der Waals surface area contributed by atoms with Crippen molar-refractivity contribution in [1.82, 2.24) is 5.32 Å². The van der Waals surface area contributed by atoms with Gasteiger partial charge in [-0.2, -0.15) is 0 Å². The molecule has 0 aliphatic heterocycles. The number of methoxy groups -OCH3 is 3. The van der Waals surface area contributed by atoms with Crippen LogP contribution in [-0.4, -0.2) is 44.9 Å². The van der Waals surface area contributed by atoms with Gasteiger partial charge < -0.3 is 29.1 Å². The van der Waals surface area contributed by atoms with E-state index in [9.17, 15) is 9.59 Å². The second-order valence-corrected chi connectivity index (χ2v) is 5.61. The summed E-state index contributed by atoms with van der Waals surface area (Å²) in [5.74, 6) is 0.212. The van der Waals surface area contributed by atoms with Crippen LogP contribution < -0.4 is 19.5 Å². The summed E-state index contributed by atoms with van der Waals surface area (Å²) in [6.07, 6.45) is 0.861. The molecule has 0 spiro atoms. The first-order valence-corrected chi connectivity index (χ1v) is 8.38. The van der Waals surface area contributed by atoms with Gasteiger partial charge in [-0.15, -0.1) is 0 Å². The van der Waals surface area contributed by atoms with Crippen molar-refractivity contribution < 1.29 is 33.3 Å². The van der Waals surface area contributed by atoms with Gasteiger partial charge >= 0.3 is 5.97 Å². The highest BCUT2D eigenvalue weighted by molar-refractivity contribution is 5.96. The lowest BCUT2D eigenvalue weighted by Crippen LogP contribution is -2.25. The summed E-state index contributed by atoms with van der Waals surface area (Å²) in [5, 5.41) is 11.9. The number of nitrogens with one attached hydrogen (secondary N) is 1. The van der Waals surface area contributed by atoms with E-state index in [1.807, 2.05) is 6.07 Å². The number of hydrogen-bond donors (Lipinski definition) is 2. The summed E-state index contributed by atoms with van der Waals surface area (Å²) in [5.41, 5.74) is 0.833. The Bertz CT molecular complexity index is 826. The average Bonchev–Trinajstić information content (AvgIpc) is 3.12. The van der Waals surface area contributed by atoms with Crippen LogP contribution in [0.2, 0.25) is 0 Å². The van der Waals surface area contributed by atoms with E-state index in [0.29, 0.717) is 36.6 Å². The van der Waals surface area contributed by atoms with Crippen molar-refractivity contribution in [3.8, 4) is 17.2 Å². The van der Waals surface area contributed by atoms with Crippen molar-refractivity contribution in [2.45, 2.75) is 19.8 Å². The fourth-order valence-corrected chi connectivity index (χ4v) is 2.74. The molecule has 1 heterocycles. The van der Waals surface area contributed by atoms with Crippen LogP contribution >= 0.6 is 0 Å². The van der Waals surface area contributed by atoms with Crippen LogP contribution in [0.4, 0.5) is 0 Å². The predicted molar refractivity (Wildman–Crippen MR) is 97.2 cm³/mol. The second-order valence-electron chi connectivity index (χ2n) is 5.61. The molecule has 0 saturated heterocycles. The maximum absolute atomic E-state index is 12.2. The van der Waals surface area contributed by atoms with E-state index in [4.69, 9.17) is 23.7 Å². The average molecular weight is 377 g/mol. The zero-order valence-corrected chi connectivity index (χ0v) is 15.8. The van der Waals surface area contributed by atoms with Crippen molar-refractivity contribution in [3.05, 3.63) is 40.8 Å². The quantitative estimate of drug-likeness (QED) is 0.691. The molecule has 0 unspecified atom stereocenters. The largest absolute Gasteiger partial charge is 0.493 e. The molecule has 0 aliphatic carbocycles. The fraction of sp³-hybridized carbons (Fsp3) is 0.368. The molecule has 8 heteroatoms. The van der Waals surface area contributed by atoms with E-state index in [1.165, 1.54) is 27.4 Å². The van der Waals surface area contributed by atoms with Gasteiger partial charge in [0.1, 0.15) is 11.3 Å². The third kappa shape index (κ3) is 4.33. The number of carbonyl (C=O) groups excluding carboxylic acids is 1.